The van der Waals surface area contributed by atoms with Gasteiger partial charge in [-0.15, -0.1) is 0 Å². The number of rotatable bonds is 7. The van der Waals surface area contributed by atoms with Gasteiger partial charge in [-0.25, -0.2) is 16.8 Å². The second kappa shape index (κ2) is 10.1. The lowest BCUT2D eigenvalue weighted by Gasteiger charge is -2.30. The van der Waals surface area contributed by atoms with E-state index in [1.807, 2.05) is 13.8 Å². The Hall–Kier alpha value is -1.98. The van der Waals surface area contributed by atoms with Crippen LogP contribution in [0.4, 0.5) is 0 Å². The lowest BCUT2D eigenvalue weighted by Crippen LogP contribution is -2.44. The van der Waals surface area contributed by atoms with Crippen LogP contribution in [0.3, 0.4) is 0 Å². The van der Waals surface area contributed by atoms with Crippen LogP contribution in [0, 0.1) is 19.8 Å². The number of aryl methyl sites for hydroxylation is 2. The van der Waals surface area contributed by atoms with E-state index in [-0.39, 0.29) is 35.5 Å². The maximum absolute atomic E-state index is 12.9. The number of piperidine rings is 1. The largest absolute Gasteiger partial charge is 0.455 e. The maximum Gasteiger partial charge on any atom is 0.309 e. The third kappa shape index (κ3) is 5.93. The number of nitrogens with zero attached hydrogens (tertiary/aromatic N) is 2. The smallest absolute Gasteiger partial charge is 0.309 e. The molecule has 0 bridgehead atoms. The minimum Gasteiger partial charge on any atom is -0.455 e. The second-order valence-corrected chi connectivity index (χ2v) is 12.9. The van der Waals surface area contributed by atoms with E-state index in [0.717, 1.165) is 11.1 Å². The van der Waals surface area contributed by atoms with Gasteiger partial charge < -0.3 is 9.64 Å². The molecule has 3 rings (SSSR count). The highest BCUT2D eigenvalue weighted by Gasteiger charge is 2.36. The Balaban J connectivity index is 1.52. The van der Waals surface area contributed by atoms with Crippen molar-refractivity contribution in [2.24, 2.45) is 5.92 Å². The first-order valence-electron chi connectivity index (χ1n) is 11.2. The van der Waals surface area contributed by atoms with E-state index in [0.29, 0.717) is 25.8 Å². The Morgan fingerprint density at radius 2 is 1.79 bits per heavy atom. The maximum atomic E-state index is 12.9. The van der Waals surface area contributed by atoms with Crippen LogP contribution in [0.5, 0.6) is 0 Å². The first kappa shape index (κ1) is 25.6. The fraction of sp³-hybridized carbons (Fsp3) is 0.636. The van der Waals surface area contributed by atoms with Crippen molar-refractivity contribution in [1.82, 2.24) is 9.21 Å². The molecule has 11 heteroatoms. The second-order valence-electron chi connectivity index (χ2n) is 8.77. The Morgan fingerprint density at radius 1 is 1.12 bits per heavy atom. The van der Waals surface area contributed by atoms with Crippen molar-refractivity contribution in [2.45, 2.75) is 51.0 Å². The van der Waals surface area contributed by atoms with Gasteiger partial charge in [0.2, 0.25) is 10.0 Å². The van der Waals surface area contributed by atoms with Gasteiger partial charge in [0, 0.05) is 25.7 Å². The summed E-state index contributed by atoms with van der Waals surface area (Å²) in [4.78, 5) is 26.7. The standard InChI is InChI=1S/C22H32N2O7S2/c1-4-24(19-9-12-32(27,28)15-19)21(25)14-31-22(26)18-7-10-23(11-8-18)33(29,30)20-6-5-16(2)17(3)13-20/h5-6,13,18-19H,4,7-12,14-15H2,1-3H3/t19-/m1/s1. The zero-order valence-corrected chi connectivity index (χ0v) is 21.0. The van der Waals surface area contributed by atoms with E-state index in [9.17, 15) is 26.4 Å². The lowest BCUT2D eigenvalue weighted by atomic mass is 9.98. The summed E-state index contributed by atoms with van der Waals surface area (Å²) >= 11 is 0. The van der Waals surface area contributed by atoms with Gasteiger partial charge in [-0.3, -0.25) is 9.59 Å². The molecule has 2 heterocycles. The molecule has 2 aliphatic heterocycles. The number of ether oxygens (including phenoxy) is 1. The SMILES string of the molecule is CCN(C(=O)COC(=O)C1CCN(S(=O)(=O)c2ccc(C)c(C)c2)CC1)[C@@H]1CCS(=O)(=O)C1. The van der Waals surface area contributed by atoms with Crippen molar-refractivity contribution >= 4 is 31.7 Å². The molecule has 0 spiro atoms. The highest BCUT2D eigenvalue weighted by atomic mass is 32.2. The van der Waals surface area contributed by atoms with Crippen molar-refractivity contribution in [3.8, 4) is 0 Å². The molecule has 0 saturated carbocycles. The van der Waals surface area contributed by atoms with Crippen LogP contribution in [0.25, 0.3) is 0 Å². The summed E-state index contributed by atoms with van der Waals surface area (Å²) in [6.07, 6.45) is 1.02. The third-order valence-electron chi connectivity index (χ3n) is 6.55. The summed E-state index contributed by atoms with van der Waals surface area (Å²) in [6.45, 7) is 5.84. The van der Waals surface area contributed by atoms with Gasteiger partial charge in [0.15, 0.2) is 16.4 Å². The van der Waals surface area contributed by atoms with Crippen LogP contribution >= 0.6 is 0 Å². The molecular formula is C22H32N2O7S2. The molecule has 1 aromatic rings. The Morgan fingerprint density at radius 3 is 2.33 bits per heavy atom. The third-order valence-corrected chi connectivity index (χ3v) is 10.2. The molecular weight excluding hydrogens is 468 g/mol. The van der Waals surface area contributed by atoms with Gasteiger partial charge >= 0.3 is 5.97 Å². The van der Waals surface area contributed by atoms with Gasteiger partial charge in [0.25, 0.3) is 5.91 Å². The number of likely N-dealkylation sites (N-methyl/N-ethyl adjacent to an activating group) is 1. The van der Waals surface area contributed by atoms with Crippen molar-refractivity contribution in [3.63, 3.8) is 0 Å². The molecule has 9 nitrogen and oxygen atoms in total. The van der Waals surface area contributed by atoms with Crippen LogP contribution in [-0.2, 0) is 34.2 Å². The molecule has 0 radical (unpaired) electrons. The summed E-state index contributed by atoms with van der Waals surface area (Å²) in [6, 6.07) is 4.65. The van der Waals surface area contributed by atoms with Gasteiger partial charge in [0.1, 0.15) is 0 Å². The Bertz CT molecular complexity index is 1110. The van der Waals surface area contributed by atoms with Crippen LogP contribution in [0.15, 0.2) is 23.1 Å². The monoisotopic (exact) mass is 500 g/mol. The zero-order chi connectivity index (χ0) is 24.4. The van der Waals surface area contributed by atoms with E-state index in [2.05, 4.69) is 0 Å². The number of hydrogen-bond donors (Lipinski definition) is 0. The van der Waals surface area contributed by atoms with E-state index in [4.69, 9.17) is 4.74 Å². The number of amides is 1. The Kier molecular flexibility index (Phi) is 7.85. The van der Waals surface area contributed by atoms with Gasteiger partial charge in [-0.05, 0) is 63.3 Å². The molecule has 0 aliphatic carbocycles. The predicted molar refractivity (Wildman–Crippen MR) is 123 cm³/mol. The molecule has 0 aromatic heterocycles. The number of sulfone groups is 1. The summed E-state index contributed by atoms with van der Waals surface area (Å²) in [5.74, 6) is -1.42. The summed E-state index contributed by atoms with van der Waals surface area (Å²) < 4.78 is 55.9. The molecule has 1 atom stereocenters. The molecule has 0 unspecified atom stereocenters. The number of esters is 1. The predicted octanol–water partition coefficient (Wildman–Crippen LogP) is 1.28. The number of sulfonamides is 1. The number of hydrogen-bond acceptors (Lipinski definition) is 7. The fourth-order valence-corrected chi connectivity index (χ4v) is 7.63. The minimum atomic E-state index is -3.64. The number of carbonyl (C=O) groups is 2. The van der Waals surface area contributed by atoms with Crippen LogP contribution in [0.1, 0.15) is 37.3 Å². The van der Waals surface area contributed by atoms with E-state index >= 15 is 0 Å². The highest BCUT2D eigenvalue weighted by Crippen LogP contribution is 2.26. The van der Waals surface area contributed by atoms with Gasteiger partial charge in [0.05, 0.1) is 22.3 Å². The van der Waals surface area contributed by atoms with Crippen LogP contribution in [0.2, 0.25) is 0 Å². The zero-order valence-electron chi connectivity index (χ0n) is 19.3. The van der Waals surface area contributed by atoms with Crippen LogP contribution < -0.4 is 0 Å². The van der Waals surface area contributed by atoms with E-state index < -0.39 is 44.3 Å². The summed E-state index contributed by atoms with van der Waals surface area (Å²) in [7, 11) is -6.77. The van der Waals surface area contributed by atoms with Gasteiger partial charge in [-0.1, -0.05) is 6.07 Å². The molecule has 184 valence electrons. The minimum absolute atomic E-state index is 0.0604. The molecule has 2 aliphatic rings. The molecule has 2 saturated heterocycles. The highest BCUT2D eigenvalue weighted by molar-refractivity contribution is 7.91. The summed E-state index contributed by atoms with van der Waals surface area (Å²) in [5.41, 5.74) is 1.91. The fourth-order valence-electron chi connectivity index (χ4n) is 4.35. The average Bonchev–Trinajstić information content (AvgIpc) is 3.13. The Labute approximate surface area is 196 Å². The average molecular weight is 501 g/mol. The lowest BCUT2D eigenvalue weighted by molar-refractivity contribution is -0.157. The van der Waals surface area contributed by atoms with Crippen molar-refractivity contribution < 1.29 is 31.2 Å². The molecule has 33 heavy (non-hydrogen) atoms. The van der Waals surface area contributed by atoms with Crippen LogP contribution in [-0.4, -0.2) is 81.7 Å². The summed E-state index contributed by atoms with van der Waals surface area (Å²) in [5, 5.41) is 0. The van der Waals surface area contributed by atoms with E-state index in [1.165, 1.54) is 9.21 Å². The normalized spacial score (nSPS) is 21.6. The first-order chi connectivity index (χ1) is 15.4. The van der Waals surface area contributed by atoms with Crippen molar-refractivity contribution in [1.29, 1.82) is 0 Å². The molecule has 1 amide bonds. The topological polar surface area (TPSA) is 118 Å². The number of carbonyl (C=O) groups excluding carboxylic acids is 2. The molecule has 2 fully saturated rings. The first-order valence-corrected chi connectivity index (χ1v) is 14.4. The quantitative estimate of drug-likeness (QED) is 0.518. The molecule has 0 N–H and O–H groups in total. The molecule has 1 aromatic carbocycles. The van der Waals surface area contributed by atoms with Gasteiger partial charge in [-0.2, -0.15) is 4.31 Å². The van der Waals surface area contributed by atoms with Crippen molar-refractivity contribution in [2.75, 3.05) is 37.7 Å². The number of benzene rings is 1. The van der Waals surface area contributed by atoms with E-state index in [1.54, 1.807) is 25.1 Å². The van der Waals surface area contributed by atoms with Crippen molar-refractivity contribution in [3.05, 3.63) is 29.3 Å².